The standard InChI is InChI=1S/C19H27N5O2S.CH4O3S/c1-20-9-4-2-3-8-17(25)21-15-7-5-6-14(12-15)18-22-23-19(26)16-13-27-11-10-24(16)18;1-5(2,3)4/h5-7,12,16,20H,2-4,8-11,13H2,1H3,(H,21,25)(H,23,26);1H3,(H,2,3,4). The van der Waals surface area contributed by atoms with Gasteiger partial charge in [-0.2, -0.15) is 25.3 Å². The zero-order chi connectivity index (χ0) is 23.6. The van der Waals surface area contributed by atoms with Gasteiger partial charge in [0.1, 0.15) is 6.04 Å². The second-order valence-electron chi connectivity index (χ2n) is 7.47. The number of hydrogen-bond donors (Lipinski definition) is 4. The smallest absolute Gasteiger partial charge is 0.263 e. The number of carbonyl (C=O) groups excluding carboxylic acids is 2. The minimum atomic E-state index is -3.67. The lowest BCUT2D eigenvalue weighted by atomic mass is 10.1. The number of amides is 2. The Kier molecular flexibility index (Phi) is 10.4. The summed E-state index contributed by atoms with van der Waals surface area (Å²) in [5.41, 5.74) is 4.30. The van der Waals surface area contributed by atoms with E-state index in [0.717, 1.165) is 60.9 Å². The molecule has 12 heteroatoms. The van der Waals surface area contributed by atoms with Crippen molar-refractivity contribution in [1.29, 1.82) is 0 Å². The number of nitrogens with one attached hydrogen (secondary N) is 3. The molecule has 0 saturated carbocycles. The zero-order valence-electron chi connectivity index (χ0n) is 18.3. The Morgan fingerprint density at radius 3 is 2.81 bits per heavy atom. The molecule has 1 aromatic rings. The monoisotopic (exact) mass is 485 g/mol. The van der Waals surface area contributed by atoms with Crippen molar-refractivity contribution in [1.82, 2.24) is 15.6 Å². The average molecular weight is 486 g/mol. The highest BCUT2D eigenvalue weighted by Crippen LogP contribution is 2.23. The van der Waals surface area contributed by atoms with Gasteiger partial charge < -0.3 is 15.5 Å². The Labute approximate surface area is 193 Å². The maximum Gasteiger partial charge on any atom is 0.263 e. The summed E-state index contributed by atoms with van der Waals surface area (Å²) < 4.78 is 25.9. The first-order valence-electron chi connectivity index (χ1n) is 10.4. The topological polar surface area (TPSA) is 140 Å². The lowest BCUT2D eigenvalue weighted by molar-refractivity contribution is -0.125. The predicted octanol–water partition coefficient (Wildman–Crippen LogP) is 1.12. The van der Waals surface area contributed by atoms with Crippen molar-refractivity contribution in [2.45, 2.75) is 31.7 Å². The van der Waals surface area contributed by atoms with Crippen LogP contribution in [0, 0.1) is 0 Å². The fourth-order valence-corrected chi connectivity index (χ4v) is 4.32. The minimum Gasteiger partial charge on any atom is -0.341 e. The highest BCUT2D eigenvalue weighted by atomic mass is 32.2. The molecule has 32 heavy (non-hydrogen) atoms. The highest BCUT2D eigenvalue weighted by Gasteiger charge is 2.35. The van der Waals surface area contributed by atoms with Crippen LogP contribution in [0.15, 0.2) is 29.4 Å². The summed E-state index contributed by atoms with van der Waals surface area (Å²) in [6.07, 6.45) is 4.25. The molecule has 1 aromatic carbocycles. The lowest BCUT2D eigenvalue weighted by Crippen LogP contribution is -2.57. The van der Waals surface area contributed by atoms with Crippen LogP contribution in [0.3, 0.4) is 0 Å². The molecular weight excluding hydrogens is 454 g/mol. The summed E-state index contributed by atoms with van der Waals surface area (Å²) in [7, 11) is -1.73. The normalized spacial score (nSPS) is 18.0. The van der Waals surface area contributed by atoms with Crippen LogP contribution >= 0.6 is 11.8 Å². The quantitative estimate of drug-likeness (QED) is 0.317. The molecule has 0 radical (unpaired) electrons. The van der Waals surface area contributed by atoms with E-state index in [1.807, 2.05) is 31.3 Å². The number of hydrogen-bond acceptors (Lipinski definition) is 8. The van der Waals surface area contributed by atoms with Gasteiger partial charge in [0.25, 0.3) is 16.0 Å². The molecule has 2 amide bonds. The first-order chi connectivity index (χ1) is 15.2. The van der Waals surface area contributed by atoms with Crippen LogP contribution in [-0.2, 0) is 19.7 Å². The molecular formula is C20H31N5O5S2. The highest BCUT2D eigenvalue weighted by molar-refractivity contribution is 7.99. The van der Waals surface area contributed by atoms with Gasteiger partial charge >= 0.3 is 0 Å². The number of anilines is 1. The van der Waals surface area contributed by atoms with E-state index in [4.69, 9.17) is 4.55 Å². The average Bonchev–Trinajstić information content (AvgIpc) is 2.73. The SMILES string of the molecule is CNCCCCCC(=O)Nc1cccc(C2=NNC(=O)C3CSCCN23)c1.CS(=O)(=O)O. The number of fused-ring (bicyclic) bond motifs is 1. The third-order valence-corrected chi connectivity index (χ3v) is 5.73. The number of hydrazone groups is 1. The van der Waals surface area contributed by atoms with Crippen molar-refractivity contribution in [3.63, 3.8) is 0 Å². The van der Waals surface area contributed by atoms with Crippen molar-refractivity contribution < 1.29 is 22.6 Å². The molecule has 3 rings (SSSR count). The number of benzene rings is 1. The Balaban J connectivity index is 0.000000654. The summed E-state index contributed by atoms with van der Waals surface area (Å²) in [5, 5.41) is 10.4. The lowest BCUT2D eigenvalue weighted by Gasteiger charge is -2.38. The number of rotatable bonds is 8. The molecule has 10 nitrogen and oxygen atoms in total. The molecule has 1 saturated heterocycles. The van der Waals surface area contributed by atoms with Crippen molar-refractivity contribution in [2.75, 3.05) is 43.2 Å². The Bertz CT molecular complexity index is 915. The number of thioether (sulfide) groups is 1. The van der Waals surface area contributed by atoms with E-state index >= 15 is 0 Å². The summed E-state index contributed by atoms with van der Waals surface area (Å²) >= 11 is 1.79. The molecule has 4 N–H and O–H groups in total. The van der Waals surface area contributed by atoms with E-state index in [1.165, 1.54) is 0 Å². The van der Waals surface area contributed by atoms with E-state index in [2.05, 4.69) is 26.1 Å². The van der Waals surface area contributed by atoms with E-state index in [9.17, 15) is 18.0 Å². The summed E-state index contributed by atoms with van der Waals surface area (Å²) in [5.74, 6) is 2.50. The Morgan fingerprint density at radius 1 is 1.34 bits per heavy atom. The first-order valence-corrected chi connectivity index (χ1v) is 13.4. The summed E-state index contributed by atoms with van der Waals surface area (Å²) in [4.78, 5) is 26.3. The molecule has 178 valence electrons. The molecule has 2 heterocycles. The van der Waals surface area contributed by atoms with Crippen LogP contribution in [0.5, 0.6) is 0 Å². The maximum atomic E-state index is 12.2. The van der Waals surface area contributed by atoms with Gasteiger partial charge in [-0.1, -0.05) is 18.6 Å². The van der Waals surface area contributed by atoms with Crippen LogP contribution in [0.25, 0.3) is 0 Å². The number of unbranched alkanes of at least 4 members (excludes halogenated alkanes) is 2. The van der Waals surface area contributed by atoms with Crippen LogP contribution in [0.2, 0.25) is 0 Å². The third kappa shape index (κ3) is 9.15. The number of nitrogens with zero attached hydrogens (tertiary/aromatic N) is 2. The Hall–Kier alpha value is -2.15. The van der Waals surface area contributed by atoms with Gasteiger partial charge in [0.15, 0.2) is 5.84 Å². The minimum absolute atomic E-state index is 0.0303. The van der Waals surface area contributed by atoms with Crippen LogP contribution in [0.1, 0.15) is 31.2 Å². The fraction of sp³-hybridized carbons (Fsp3) is 0.550. The maximum absolute atomic E-state index is 12.2. The van der Waals surface area contributed by atoms with E-state index in [1.54, 1.807) is 11.8 Å². The van der Waals surface area contributed by atoms with Crippen LogP contribution in [-0.4, -0.2) is 79.5 Å². The number of carbonyl (C=O) groups is 2. The zero-order valence-corrected chi connectivity index (χ0v) is 20.0. The van der Waals surface area contributed by atoms with Crippen LogP contribution < -0.4 is 16.1 Å². The van der Waals surface area contributed by atoms with E-state index in [-0.39, 0.29) is 17.9 Å². The van der Waals surface area contributed by atoms with Crippen LogP contribution in [0.4, 0.5) is 5.69 Å². The molecule has 0 aromatic heterocycles. The third-order valence-electron chi connectivity index (χ3n) is 4.71. The first kappa shape index (κ1) is 26.1. The Morgan fingerprint density at radius 2 is 2.09 bits per heavy atom. The van der Waals surface area contributed by atoms with Gasteiger partial charge in [-0.05, 0) is 38.6 Å². The molecule has 1 atom stereocenters. The van der Waals surface area contributed by atoms with Gasteiger partial charge in [0.05, 0.1) is 6.26 Å². The molecule has 1 fully saturated rings. The number of amidine groups is 1. The van der Waals surface area contributed by atoms with Gasteiger partial charge in [0.2, 0.25) is 5.91 Å². The predicted molar refractivity (Wildman–Crippen MR) is 127 cm³/mol. The molecule has 2 aliphatic rings. The van der Waals surface area contributed by atoms with Gasteiger partial charge in [-0.15, -0.1) is 0 Å². The molecule has 0 spiro atoms. The molecule has 2 aliphatic heterocycles. The summed E-state index contributed by atoms with van der Waals surface area (Å²) in [6, 6.07) is 7.50. The largest absolute Gasteiger partial charge is 0.341 e. The van der Waals surface area contributed by atoms with Gasteiger partial charge in [-0.3, -0.25) is 14.1 Å². The summed E-state index contributed by atoms with van der Waals surface area (Å²) in [6.45, 7) is 1.78. The van der Waals surface area contributed by atoms with E-state index < -0.39 is 10.1 Å². The van der Waals surface area contributed by atoms with Gasteiger partial charge in [0, 0.05) is 35.7 Å². The molecule has 0 aliphatic carbocycles. The second kappa shape index (κ2) is 12.8. The van der Waals surface area contributed by atoms with Crippen molar-refractivity contribution in [3.8, 4) is 0 Å². The van der Waals surface area contributed by atoms with Crippen molar-refractivity contribution >= 4 is 45.2 Å². The van der Waals surface area contributed by atoms with E-state index in [0.29, 0.717) is 12.7 Å². The molecule has 1 unspecified atom stereocenters. The second-order valence-corrected chi connectivity index (χ2v) is 10.1. The molecule has 0 bridgehead atoms. The van der Waals surface area contributed by atoms with Crippen molar-refractivity contribution in [2.24, 2.45) is 5.10 Å². The fourth-order valence-electron chi connectivity index (χ4n) is 3.28. The van der Waals surface area contributed by atoms with Crippen molar-refractivity contribution in [3.05, 3.63) is 29.8 Å². The van der Waals surface area contributed by atoms with Gasteiger partial charge in [-0.25, -0.2) is 5.43 Å².